The Hall–Kier alpha value is -2.79. The van der Waals surface area contributed by atoms with Crippen molar-refractivity contribution in [3.05, 3.63) is 58.3 Å². The molecule has 3 aromatic rings. The molecule has 2 heterocycles. The fourth-order valence-electron chi connectivity index (χ4n) is 4.54. The Bertz CT molecular complexity index is 1060. The maximum atomic E-state index is 13.0. The summed E-state index contributed by atoms with van der Waals surface area (Å²) in [6, 6.07) is 12.5. The Balaban J connectivity index is 1.87. The first-order valence-corrected chi connectivity index (χ1v) is 10.1. The molecule has 0 amide bonds. The lowest BCUT2D eigenvalue weighted by molar-refractivity contribution is 0.133. The van der Waals surface area contributed by atoms with Gasteiger partial charge in [0.15, 0.2) is 11.0 Å². The van der Waals surface area contributed by atoms with Gasteiger partial charge in [-0.3, -0.25) is 9.69 Å². The van der Waals surface area contributed by atoms with Gasteiger partial charge in [-0.15, -0.1) is 0 Å². The zero-order valence-electron chi connectivity index (χ0n) is 17.1. The highest BCUT2D eigenvalue weighted by molar-refractivity contribution is 5.89. The van der Waals surface area contributed by atoms with Gasteiger partial charge in [0.2, 0.25) is 0 Å². The lowest BCUT2D eigenvalue weighted by atomic mass is 9.91. The average Bonchev–Trinajstić information content (AvgIpc) is 2.69. The SMILES string of the molecule is COc1cc(O)c(CN2CC(C)CC(C)C2)c2oc(-c3ccccc3)cc(=O)c12. The first kappa shape index (κ1) is 19.5. The number of nitrogens with zero attached hydrogens (tertiary/aromatic N) is 1. The molecule has 1 aliphatic heterocycles. The summed E-state index contributed by atoms with van der Waals surface area (Å²) in [5.74, 6) is 2.09. The molecular weight excluding hydrogens is 366 g/mol. The minimum Gasteiger partial charge on any atom is -0.507 e. The van der Waals surface area contributed by atoms with E-state index in [0.29, 0.717) is 46.4 Å². The maximum Gasteiger partial charge on any atom is 0.197 e. The monoisotopic (exact) mass is 393 g/mol. The van der Waals surface area contributed by atoms with Gasteiger partial charge in [0, 0.05) is 37.3 Å². The molecule has 0 radical (unpaired) electrons. The largest absolute Gasteiger partial charge is 0.507 e. The smallest absolute Gasteiger partial charge is 0.197 e. The fraction of sp³-hybridized carbons (Fsp3) is 0.375. The third-order valence-corrected chi connectivity index (χ3v) is 5.65. The lowest BCUT2D eigenvalue weighted by Crippen LogP contribution is -2.38. The number of hydrogen-bond acceptors (Lipinski definition) is 5. The van der Waals surface area contributed by atoms with Crippen LogP contribution in [0.25, 0.3) is 22.3 Å². The van der Waals surface area contributed by atoms with Gasteiger partial charge in [-0.1, -0.05) is 44.2 Å². The number of aromatic hydroxyl groups is 1. The molecule has 2 atom stereocenters. The van der Waals surface area contributed by atoms with Crippen LogP contribution in [0.1, 0.15) is 25.8 Å². The van der Waals surface area contributed by atoms with Crippen molar-refractivity contribution in [3.8, 4) is 22.8 Å². The molecule has 2 aromatic carbocycles. The highest BCUT2D eigenvalue weighted by atomic mass is 16.5. The van der Waals surface area contributed by atoms with Gasteiger partial charge in [0.1, 0.15) is 22.6 Å². The third-order valence-electron chi connectivity index (χ3n) is 5.65. The number of benzene rings is 2. The van der Waals surface area contributed by atoms with Gasteiger partial charge in [0.05, 0.1) is 12.7 Å². The number of piperidine rings is 1. The van der Waals surface area contributed by atoms with Gasteiger partial charge in [0.25, 0.3) is 0 Å². The molecule has 0 bridgehead atoms. The lowest BCUT2D eigenvalue weighted by Gasteiger charge is -2.35. The van der Waals surface area contributed by atoms with Crippen LogP contribution >= 0.6 is 0 Å². The molecule has 1 saturated heterocycles. The molecule has 1 aromatic heterocycles. The second-order valence-electron chi connectivity index (χ2n) is 8.26. The second kappa shape index (κ2) is 7.91. The second-order valence-corrected chi connectivity index (χ2v) is 8.26. The van der Waals surface area contributed by atoms with Gasteiger partial charge in [-0.05, 0) is 18.3 Å². The van der Waals surface area contributed by atoms with Crippen molar-refractivity contribution in [1.82, 2.24) is 4.90 Å². The van der Waals surface area contributed by atoms with Crippen molar-refractivity contribution in [2.45, 2.75) is 26.8 Å². The number of rotatable bonds is 4. The van der Waals surface area contributed by atoms with Crippen molar-refractivity contribution in [2.24, 2.45) is 11.8 Å². The molecule has 1 aliphatic rings. The van der Waals surface area contributed by atoms with Crippen LogP contribution in [0.3, 0.4) is 0 Å². The van der Waals surface area contributed by atoms with E-state index in [2.05, 4.69) is 18.7 Å². The molecule has 4 rings (SSSR count). The Kier molecular flexibility index (Phi) is 5.33. The minimum atomic E-state index is -0.177. The van der Waals surface area contributed by atoms with Crippen molar-refractivity contribution >= 4 is 11.0 Å². The number of phenolic OH excluding ortho intramolecular Hbond substituents is 1. The Morgan fingerprint density at radius 2 is 1.83 bits per heavy atom. The predicted octanol–water partition coefficient (Wildman–Crippen LogP) is 4.65. The van der Waals surface area contributed by atoms with Crippen LogP contribution in [0.4, 0.5) is 0 Å². The van der Waals surface area contributed by atoms with E-state index in [1.54, 1.807) is 0 Å². The normalized spacial score (nSPS) is 20.1. The predicted molar refractivity (Wildman–Crippen MR) is 114 cm³/mol. The molecule has 5 heteroatoms. The van der Waals surface area contributed by atoms with Crippen LogP contribution in [0, 0.1) is 11.8 Å². The summed E-state index contributed by atoms with van der Waals surface area (Å²) in [6.07, 6.45) is 1.21. The molecule has 29 heavy (non-hydrogen) atoms. The summed E-state index contributed by atoms with van der Waals surface area (Å²) in [6.45, 7) is 6.95. The van der Waals surface area contributed by atoms with E-state index in [9.17, 15) is 9.90 Å². The topological polar surface area (TPSA) is 62.9 Å². The number of phenols is 1. The van der Waals surface area contributed by atoms with Gasteiger partial charge < -0.3 is 14.3 Å². The Morgan fingerprint density at radius 1 is 1.14 bits per heavy atom. The third kappa shape index (κ3) is 3.87. The Labute approximate surface area is 170 Å². The van der Waals surface area contributed by atoms with Crippen LogP contribution in [0.5, 0.6) is 11.5 Å². The number of fused-ring (bicyclic) bond motifs is 1. The van der Waals surface area contributed by atoms with Crippen LogP contribution in [0.15, 0.2) is 51.7 Å². The number of likely N-dealkylation sites (tertiary alicyclic amines) is 1. The van der Waals surface area contributed by atoms with Crippen molar-refractivity contribution < 1.29 is 14.3 Å². The molecular formula is C24H27NO4. The standard InChI is InChI=1S/C24H27NO4/c1-15-9-16(2)13-25(12-15)14-18-19(26)10-22(28-3)23-20(27)11-21(29-24(18)23)17-7-5-4-6-8-17/h4-8,10-11,15-16,26H,9,12-14H2,1-3H3. The summed E-state index contributed by atoms with van der Waals surface area (Å²) in [4.78, 5) is 15.3. The summed E-state index contributed by atoms with van der Waals surface area (Å²) in [5, 5.41) is 11.1. The van der Waals surface area contributed by atoms with E-state index in [1.807, 2.05) is 30.3 Å². The van der Waals surface area contributed by atoms with E-state index in [1.165, 1.54) is 25.7 Å². The molecule has 5 nitrogen and oxygen atoms in total. The van der Waals surface area contributed by atoms with E-state index in [-0.39, 0.29) is 11.2 Å². The van der Waals surface area contributed by atoms with Crippen molar-refractivity contribution in [1.29, 1.82) is 0 Å². The van der Waals surface area contributed by atoms with Gasteiger partial charge in [-0.2, -0.15) is 0 Å². The zero-order chi connectivity index (χ0) is 20.5. The average molecular weight is 393 g/mol. The van der Waals surface area contributed by atoms with Crippen molar-refractivity contribution in [3.63, 3.8) is 0 Å². The van der Waals surface area contributed by atoms with Crippen LogP contribution < -0.4 is 10.2 Å². The molecule has 1 fully saturated rings. The van der Waals surface area contributed by atoms with E-state index >= 15 is 0 Å². The quantitative estimate of drug-likeness (QED) is 0.699. The van der Waals surface area contributed by atoms with Crippen LogP contribution in [-0.4, -0.2) is 30.2 Å². The van der Waals surface area contributed by atoms with E-state index in [0.717, 1.165) is 18.7 Å². The highest BCUT2D eigenvalue weighted by Crippen LogP contribution is 2.37. The molecule has 2 unspecified atom stereocenters. The number of ether oxygens (including phenoxy) is 1. The zero-order valence-corrected chi connectivity index (χ0v) is 17.1. The number of methoxy groups -OCH3 is 1. The summed E-state index contributed by atoms with van der Waals surface area (Å²) in [7, 11) is 1.49. The van der Waals surface area contributed by atoms with Crippen LogP contribution in [-0.2, 0) is 6.54 Å². The molecule has 0 saturated carbocycles. The molecule has 1 N–H and O–H groups in total. The summed E-state index contributed by atoms with van der Waals surface area (Å²) >= 11 is 0. The maximum absolute atomic E-state index is 13.0. The van der Waals surface area contributed by atoms with Gasteiger partial charge >= 0.3 is 0 Å². The van der Waals surface area contributed by atoms with Crippen molar-refractivity contribution in [2.75, 3.05) is 20.2 Å². The van der Waals surface area contributed by atoms with Crippen LogP contribution in [0.2, 0.25) is 0 Å². The van der Waals surface area contributed by atoms with E-state index < -0.39 is 0 Å². The summed E-state index contributed by atoms with van der Waals surface area (Å²) < 4.78 is 11.6. The Morgan fingerprint density at radius 3 is 2.48 bits per heavy atom. The first-order valence-electron chi connectivity index (χ1n) is 10.1. The molecule has 152 valence electrons. The number of hydrogen-bond donors (Lipinski definition) is 1. The van der Waals surface area contributed by atoms with Gasteiger partial charge in [-0.25, -0.2) is 0 Å². The molecule has 0 aliphatic carbocycles. The van der Waals surface area contributed by atoms with E-state index in [4.69, 9.17) is 9.15 Å². The first-order chi connectivity index (χ1) is 14.0. The molecule has 0 spiro atoms. The highest BCUT2D eigenvalue weighted by Gasteiger charge is 2.25. The fourth-order valence-corrected chi connectivity index (χ4v) is 4.54. The summed E-state index contributed by atoms with van der Waals surface area (Å²) in [5.41, 5.74) is 1.68. The minimum absolute atomic E-state index is 0.0913.